The van der Waals surface area contributed by atoms with E-state index in [0.717, 1.165) is 167 Å². The zero-order valence-corrected chi connectivity index (χ0v) is 53.7. The molecule has 0 N–H and O–H groups in total. The normalized spacial score (nSPS) is 13.1. The summed E-state index contributed by atoms with van der Waals surface area (Å²) in [6.45, 7) is 6.38. The van der Waals surface area contributed by atoms with Gasteiger partial charge in [-0.05, 0) is 148 Å². The molecule has 0 bridgehead atoms. The molecule has 0 aliphatic heterocycles. The van der Waals surface area contributed by atoms with Crippen LogP contribution in [0.2, 0.25) is 0 Å². The van der Waals surface area contributed by atoms with Gasteiger partial charge in [0.25, 0.3) is 0 Å². The zero-order chi connectivity index (χ0) is 59.9. The molecule has 468 valence electrons. The maximum Gasteiger partial charge on any atom is 0.306 e. The minimum atomic E-state index is -0.801. The van der Waals surface area contributed by atoms with Crippen molar-refractivity contribution >= 4 is 17.9 Å². The highest BCUT2D eigenvalue weighted by Gasteiger charge is 2.19. The van der Waals surface area contributed by atoms with E-state index in [4.69, 9.17) is 14.2 Å². The van der Waals surface area contributed by atoms with Gasteiger partial charge in [0, 0.05) is 19.3 Å². The monoisotopic (exact) mass is 1140 g/mol. The Bertz CT molecular complexity index is 1840. The summed E-state index contributed by atoms with van der Waals surface area (Å²) in [6.07, 6.45) is 101. The van der Waals surface area contributed by atoms with Gasteiger partial charge in [0.2, 0.25) is 0 Å². The van der Waals surface area contributed by atoms with Crippen LogP contribution in [0.3, 0.4) is 0 Å². The van der Waals surface area contributed by atoms with E-state index in [2.05, 4.69) is 179 Å². The van der Waals surface area contributed by atoms with Crippen molar-refractivity contribution in [3.05, 3.63) is 158 Å². The lowest BCUT2D eigenvalue weighted by Gasteiger charge is -2.18. The molecule has 6 nitrogen and oxygen atoms in total. The summed E-state index contributed by atoms with van der Waals surface area (Å²) in [5, 5.41) is 0. The molecule has 0 saturated heterocycles. The molecule has 0 spiro atoms. The number of carbonyl (C=O) groups is 3. The van der Waals surface area contributed by atoms with Crippen LogP contribution in [-0.4, -0.2) is 37.2 Å². The van der Waals surface area contributed by atoms with E-state index in [1.807, 2.05) is 0 Å². The number of hydrogen-bond donors (Lipinski definition) is 0. The Kier molecular flexibility index (Phi) is 65.4. The average Bonchev–Trinajstić information content (AvgIpc) is 3.49. The van der Waals surface area contributed by atoms with Crippen molar-refractivity contribution < 1.29 is 28.6 Å². The second kappa shape index (κ2) is 69.5. The molecular formula is C77H124O6. The number of esters is 3. The predicted octanol–water partition coefficient (Wildman–Crippen LogP) is 23.7. The maximum atomic E-state index is 12.9. The van der Waals surface area contributed by atoms with E-state index in [0.29, 0.717) is 19.3 Å². The highest BCUT2D eigenvalue weighted by Crippen LogP contribution is 2.15. The van der Waals surface area contributed by atoms with Crippen LogP contribution in [0.4, 0.5) is 0 Å². The summed E-state index contributed by atoms with van der Waals surface area (Å²) in [5.74, 6) is -0.926. The van der Waals surface area contributed by atoms with E-state index in [-0.39, 0.29) is 31.1 Å². The Labute approximate surface area is 511 Å². The molecule has 0 heterocycles. The Balaban J connectivity index is 4.38. The lowest BCUT2D eigenvalue weighted by molar-refractivity contribution is -0.167. The van der Waals surface area contributed by atoms with E-state index >= 15 is 0 Å². The van der Waals surface area contributed by atoms with Crippen molar-refractivity contribution in [3.63, 3.8) is 0 Å². The number of allylic oxidation sites excluding steroid dienone is 26. The third kappa shape index (κ3) is 67.7. The molecule has 0 radical (unpaired) electrons. The van der Waals surface area contributed by atoms with E-state index in [9.17, 15) is 14.4 Å². The number of rotatable bonds is 60. The summed E-state index contributed by atoms with van der Waals surface area (Å²) >= 11 is 0. The number of carbonyl (C=O) groups excluding carboxylic acids is 3. The van der Waals surface area contributed by atoms with Gasteiger partial charge in [0.1, 0.15) is 13.2 Å². The molecule has 6 heteroatoms. The Hall–Kier alpha value is -4.97. The summed E-state index contributed by atoms with van der Waals surface area (Å²) in [6, 6.07) is 0. The van der Waals surface area contributed by atoms with Gasteiger partial charge < -0.3 is 14.2 Å². The molecular weight excluding hydrogens is 1020 g/mol. The first-order valence-corrected chi connectivity index (χ1v) is 34.0. The summed E-state index contributed by atoms with van der Waals surface area (Å²) in [5.41, 5.74) is 0. The molecule has 0 amide bonds. The quantitative estimate of drug-likeness (QED) is 0.0261. The lowest BCUT2D eigenvalue weighted by Crippen LogP contribution is -2.30. The van der Waals surface area contributed by atoms with Crippen LogP contribution in [0.1, 0.15) is 290 Å². The van der Waals surface area contributed by atoms with Gasteiger partial charge in [0.15, 0.2) is 6.10 Å². The van der Waals surface area contributed by atoms with Gasteiger partial charge in [-0.3, -0.25) is 14.4 Å². The van der Waals surface area contributed by atoms with Gasteiger partial charge >= 0.3 is 17.9 Å². The van der Waals surface area contributed by atoms with Gasteiger partial charge in [-0.25, -0.2) is 0 Å². The highest BCUT2D eigenvalue weighted by molar-refractivity contribution is 5.71. The smallest absolute Gasteiger partial charge is 0.306 e. The average molecular weight is 1150 g/mol. The van der Waals surface area contributed by atoms with Crippen molar-refractivity contribution in [1.29, 1.82) is 0 Å². The van der Waals surface area contributed by atoms with Crippen LogP contribution in [-0.2, 0) is 28.6 Å². The SMILES string of the molecule is CC/C=C\C/C=C\C/C=C\C/C=C\C/C=C\C/C=C\C/C=C\C/C=C\CCCCCCCCC(=O)OCC(COC(=O)CCCCCCC/C=C\CCCCCC)OC(=O)CCCCCCCCCC/C=C\C/C=C\C/C=C\C/C=C\CC. The maximum absolute atomic E-state index is 12.9. The van der Waals surface area contributed by atoms with Crippen LogP contribution in [0.15, 0.2) is 158 Å². The standard InChI is InChI=1S/C77H124O6/c1-4-7-10-13-16-19-22-25-27-29-31-33-34-35-36-37-38-39-40-41-42-44-45-47-49-52-55-58-61-64-67-70-76(79)82-73-74(72-81-75(78)69-66-63-60-57-54-51-24-21-18-15-12-9-6-3)83-77(80)71-68-65-62-59-56-53-50-48-46-43-32-30-28-26-23-20-17-14-11-8-5-2/h7-8,10-11,16-17,19-21,24-28,31-33,35-36,38-39,41-43,45,47,74H,4-6,9,12-15,18,22-23,29-30,34,37,40,44,46,48-73H2,1-3H3/b10-7-,11-8-,19-16-,20-17-,24-21-,27-25-,28-26-,33-31-,36-35-,39-38-,42-41-,43-32-,47-45-. The fourth-order valence-corrected chi connectivity index (χ4v) is 8.97. The van der Waals surface area contributed by atoms with Gasteiger partial charge in [-0.15, -0.1) is 0 Å². The van der Waals surface area contributed by atoms with Crippen molar-refractivity contribution in [2.45, 2.75) is 297 Å². The van der Waals surface area contributed by atoms with Crippen molar-refractivity contribution in [3.8, 4) is 0 Å². The van der Waals surface area contributed by atoms with Gasteiger partial charge in [-0.1, -0.05) is 281 Å². The molecule has 83 heavy (non-hydrogen) atoms. The van der Waals surface area contributed by atoms with Crippen LogP contribution in [0.5, 0.6) is 0 Å². The molecule has 1 unspecified atom stereocenters. The summed E-state index contributed by atoms with van der Waals surface area (Å²) in [7, 11) is 0. The molecule has 1 atom stereocenters. The first kappa shape index (κ1) is 78.0. The first-order chi connectivity index (χ1) is 41.0. The van der Waals surface area contributed by atoms with Crippen LogP contribution in [0, 0.1) is 0 Å². The zero-order valence-electron chi connectivity index (χ0n) is 53.7. The number of ether oxygens (including phenoxy) is 3. The van der Waals surface area contributed by atoms with Gasteiger partial charge in [-0.2, -0.15) is 0 Å². The summed E-state index contributed by atoms with van der Waals surface area (Å²) < 4.78 is 16.9. The molecule has 0 aromatic heterocycles. The molecule has 0 aromatic carbocycles. The largest absolute Gasteiger partial charge is 0.462 e. The molecule has 0 fully saturated rings. The van der Waals surface area contributed by atoms with Crippen LogP contribution in [0.25, 0.3) is 0 Å². The fourth-order valence-electron chi connectivity index (χ4n) is 8.97. The third-order valence-corrected chi connectivity index (χ3v) is 14.0. The second-order valence-corrected chi connectivity index (χ2v) is 22.0. The molecule has 0 saturated carbocycles. The first-order valence-electron chi connectivity index (χ1n) is 34.0. The number of unbranched alkanes of at least 4 members (excludes halogenated alkanes) is 23. The van der Waals surface area contributed by atoms with Crippen molar-refractivity contribution in [1.82, 2.24) is 0 Å². The van der Waals surface area contributed by atoms with Gasteiger partial charge in [0.05, 0.1) is 0 Å². The fraction of sp³-hybridized carbons (Fsp3) is 0.623. The lowest BCUT2D eigenvalue weighted by atomic mass is 10.1. The minimum Gasteiger partial charge on any atom is -0.462 e. The molecule has 0 aromatic rings. The summed E-state index contributed by atoms with van der Waals surface area (Å²) in [4.78, 5) is 38.4. The van der Waals surface area contributed by atoms with E-state index in [1.54, 1.807) is 0 Å². The Morgan fingerprint density at radius 1 is 0.253 bits per heavy atom. The van der Waals surface area contributed by atoms with Crippen LogP contribution < -0.4 is 0 Å². The van der Waals surface area contributed by atoms with E-state index in [1.165, 1.54) is 83.5 Å². The third-order valence-electron chi connectivity index (χ3n) is 14.0. The van der Waals surface area contributed by atoms with Crippen LogP contribution >= 0.6 is 0 Å². The molecule has 0 aliphatic carbocycles. The minimum absolute atomic E-state index is 0.0954. The highest BCUT2D eigenvalue weighted by atomic mass is 16.6. The van der Waals surface area contributed by atoms with E-state index < -0.39 is 6.10 Å². The predicted molar refractivity (Wildman–Crippen MR) is 362 cm³/mol. The van der Waals surface area contributed by atoms with Crippen molar-refractivity contribution in [2.24, 2.45) is 0 Å². The Morgan fingerprint density at radius 2 is 0.470 bits per heavy atom. The number of hydrogen-bond acceptors (Lipinski definition) is 6. The molecule has 0 aliphatic rings. The van der Waals surface area contributed by atoms with Crippen molar-refractivity contribution in [2.75, 3.05) is 13.2 Å². The second-order valence-electron chi connectivity index (χ2n) is 22.0. The topological polar surface area (TPSA) is 78.9 Å². The Morgan fingerprint density at radius 3 is 0.747 bits per heavy atom. The molecule has 0 rings (SSSR count).